The summed E-state index contributed by atoms with van der Waals surface area (Å²) < 4.78 is 32.5. The zero-order valence-corrected chi connectivity index (χ0v) is 14.4. The zero-order valence-electron chi connectivity index (χ0n) is 12.0. The molecule has 0 saturated carbocycles. The maximum atomic E-state index is 12.7. The first kappa shape index (κ1) is 16.5. The Labute approximate surface area is 144 Å². The number of aromatic nitrogens is 1. The first-order chi connectivity index (χ1) is 11.0. The number of sulfonamides is 1. The molecule has 1 aliphatic rings. The van der Waals surface area contributed by atoms with Gasteiger partial charge in [0, 0.05) is 23.8 Å². The number of ether oxygens (including phenoxy) is 1. The highest BCUT2D eigenvalue weighted by Gasteiger charge is 2.35. The lowest BCUT2D eigenvalue weighted by Gasteiger charge is -2.18. The molecule has 0 radical (unpaired) electrons. The van der Waals surface area contributed by atoms with Gasteiger partial charge in [-0.05, 0) is 30.7 Å². The average molecular weight is 373 g/mol. The molecule has 5 nitrogen and oxygen atoms in total. The Morgan fingerprint density at radius 1 is 1.22 bits per heavy atom. The van der Waals surface area contributed by atoms with Gasteiger partial charge in [-0.15, -0.1) is 0 Å². The third-order valence-corrected chi connectivity index (χ3v) is 6.13. The minimum atomic E-state index is -3.70. The van der Waals surface area contributed by atoms with Gasteiger partial charge in [-0.1, -0.05) is 29.3 Å². The molecule has 3 rings (SSSR count). The topological polar surface area (TPSA) is 59.5 Å². The van der Waals surface area contributed by atoms with E-state index in [4.69, 9.17) is 27.9 Å². The average Bonchev–Trinajstić information content (AvgIpc) is 3.00. The number of rotatable bonds is 4. The minimum absolute atomic E-state index is 0.0187. The summed E-state index contributed by atoms with van der Waals surface area (Å²) in [6.45, 7) is 0.616. The van der Waals surface area contributed by atoms with Crippen molar-refractivity contribution in [2.24, 2.45) is 0 Å². The van der Waals surface area contributed by atoms with E-state index in [0.29, 0.717) is 23.9 Å². The maximum Gasteiger partial charge on any atom is 0.244 e. The molecule has 2 aromatic rings. The molecule has 0 spiro atoms. The second kappa shape index (κ2) is 6.65. The van der Waals surface area contributed by atoms with Crippen molar-refractivity contribution in [1.82, 2.24) is 9.29 Å². The van der Waals surface area contributed by atoms with Gasteiger partial charge in [0.2, 0.25) is 15.9 Å². The van der Waals surface area contributed by atoms with Crippen LogP contribution < -0.4 is 4.74 Å². The fraction of sp³-hybridized carbons (Fsp3) is 0.267. The monoisotopic (exact) mass is 372 g/mol. The molecule has 1 atom stereocenters. The maximum absolute atomic E-state index is 12.7. The van der Waals surface area contributed by atoms with E-state index >= 15 is 0 Å². The van der Waals surface area contributed by atoms with Crippen molar-refractivity contribution in [3.63, 3.8) is 0 Å². The summed E-state index contributed by atoms with van der Waals surface area (Å²) in [6.07, 6.45) is 1.98. The van der Waals surface area contributed by atoms with Crippen LogP contribution in [0.5, 0.6) is 5.88 Å². The first-order valence-electron chi connectivity index (χ1n) is 7.00. The molecule has 0 N–H and O–H groups in total. The van der Waals surface area contributed by atoms with Crippen molar-refractivity contribution in [3.05, 3.63) is 52.6 Å². The second-order valence-electron chi connectivity index (χ2n) is 5.13. The summed E-state index contributed by atoms with van der Waals surface area (Å²) in [6, 6.07) is 9.75. The molecule has 23 heavy (non-hydrogen) atoms. The van der Waals surface area contributed by atoms with Crippen LogP contribution >= 0.6 is 23.2 Å². The second-order valence-corrected chi connectivity index (χ2v) is 7.88. The highest BCUT2D eigenvalue weighted by atomic mass is 35.5. The summed E-state index contributed by atoms with van der Waals surface area (Å²) >= 11 is 11.9. The Hall–Kier alpha value is -1.34. The third-order valence-electron chi connectivity index (χ3n) is 3.54. The van der Waals surface area contributed by atoms with Gasteiger partial charge in [-0.3, -0.25) is 0 Å². The molecule has 1 aliphatic heterocycles. The summed E-state index contributed by atoms with van der Waals surface area (Å²) in [5, 5.41) is 0.483. The van der Waals surface area contributed by atoms with Crippen molar-refractivity contribution in [3.8, 4) is 5.88 Å². The molecule has 0 bridgehead atoms. The van der Waals surface area contributed by atoms with Crippen LogP contribution in [0.2, 0.25) is 10.0 Å². The van der Waals surface area contributed by atoms with E-state index in [0.717, 1.165) is 0 Å². The Morgan fingerprint density at radius 2 is 2.04 bits per heavy atom. The van der Waals surface area contributed by atoms with Crippen molar-refractivity contribution >= 4 is 33.2 Å². The fourth-order valence-electron chi connectivity index (χ4n) is 2.41. The molecule has 1 unspecified atom stereocenters. The van der Waals surface area contributed by atoms with E-state index in [9.17, 15) is 8.42 Å². The third kappa shape index (κ3) is 3.61. The van der Waals surface area contributed by atoms with Gasteiger partial charge < -0.3 is 4.74 Å². The number of pyridine rings is 1. The van der Waals surface area contributed by atoms with Crippen molar-refractivity contribution in [2.45, 2.75) is 17.4 Å². The van der Waals surface area contributed by atoms with Gasteiger partial charge in [-0.25, -0.2) is 13.4 Å². The van der Waals surface area contributed by atoms with E-state index in [2.05, 4.69) is 4.98 Å². The molecular weight excluding hydrogens is 359 g/mol. The highest BCUT2D eigenvalue weighted by Crippen LogP contribution is 2.30. The molecule has 0 amide bonds. The van der Waals surface area contributed by atoms with Crippen LogP contribution in [-0.2, 0) is 10.0 Å². The SMILES string of the molecule is O=S(=O)(c1cc(Cl)ccc1Cl)N1CCC(Oc2ccccn2)C1. The van der Waals surface area contributed by atoms with Gasteiger partial charge in [0.1, 0.15) is 11.0 Å². The van der Waals surface area contributed by atoms with Crippen LogP contribution in [-0.4, -0.2) is 36.9 Å². The molecule has 8 heteroatoms. The Morgan fingerprint density at radius 3 is 2.78 bits per heavy atom. The van der Waals surface area contributed by atoms with E-state index in [1.54, 1.807) is 24.4 Å². The van der Waals surface area contributed by atoms with E-state index in [1.165, 1.54) is 16.4 Å². The number of nitrogens with zero attached hydrogens (tertiary/aromatic N) is 2. The van der Waals surface area contributed by atoms with Gasteiger partial charge in [-0.2, -0.15) is 4.31 Å². The summed E-state index contributed by atoms with van der Waals surface area (Å²) in [7, 11) is -3.70. The molecule has 0 aliphatic carbocycles. The Balaban J connectivity index is 1.76. The van der Waals surface area contributed by atoms with E-state index < -0.39 is 10.0 Å². The van der Waals surface area contributed by atoms with Crippen molar-refractivity contribution < 1.29 is 13.2 Å². The highest BCUT2D eigenvalue weighted by molar-refractivity contribution is 7.89. The molecule has 122 valence electrons. The Bertz CT molecular complexity index is 800. The normalized spacial score (nSPS) is 19.0. The molecular formula is C15H14Cl2N2O3S. The van der Waals surface area contributed by atoms with Gasteiger partial charge in [0.25, 0.3) is 0 Å². The standard InChI is InChI=1S/C15H14Cl2N2O3S/c16-11-4-5-13(17)14(9-11)23(20,21)19-8-6-12(10-19)22-15-3-1-2-7-18-15/h1-5,7,9,12H,6,8,10H2. The predicted octanol–water partition coefficient (Wildman–Crippen LogP) is 3.23. The van der Waals surface area contributed by atoms with Crippen LogP contribution in [0, 0.1) is 0 Å². The van der Waals surface area contributed by atoms with Crippen LogP contribution in [0.3, 0.4) is 0 Å². The predicted molar refractivity (Wildman–Crippen MR) is 88.5 cm³/mol. The smallest absolute Gasteiger partial charge is 0.244 e. The van der Waals surface area contributed by atoms with Crippen molar-refractivity contribution in [2.75, 3.05) is 13.1 Å². The Kier molecular flexibility index (Phi) is 4.77. The molecule has 1 aromatic carbocycles. The lowest BCUT2D eigenvalue weighted by Crippen LogP contribution is -2.31. The zero-order chi connectivity index (χ0) is 16.4. The lowest BCUT2D eigenvalue weighted by molar-refractivity contribution is 0.207. The number of hydrogen-bond acceptors (Lipinski definition) is 4. The molecule has 1 aromatic heterocycles. The first-order valence-corrected chi connectivity index (χ1v) is 9.19. The molecule has 1 fully saturated rings. The van der Waals surface area contributed by atoms with Crippen LogP contribution in [0.1, 0.15) is 6.42 Å². The number of hydrogen-bond donors (Lipinski definition) is 0. The number of benzene rings is 1. The lowest BCUT2D eigenvalue weighted by atomic mass is 10.3. The summed E-state index contributed by atoms with van der Waals surface area (Å²) in [5.74, 6) is 0.484. The molecule has 1 saturated heterocycles. The van der Waals surface area contributed by atoms with Crippen molar-refractivity contribution in [1.29, 1.82) is 0 Å². The van der Waals surface area contributed by atoms with E-state index in [1.807, 2.05) is 6.07 Å². The largest absolute Gasteiger partial charge is 0.473 e. The summed E-state index contributed by atoms with van der Waals surface area (Å²) in [5.41, 5.74) is 0. The quantitative estimate of drug-likeness (QED) is 0.826. The minimum Gasteiger partial charge on any atom is -0.473 e. The van der Waals surface area contributed by atoms with Gasteiger partial charge in [0.15, 0.2) is 0 Å². The van der Waals surface area contributed by atoms with E-state index in [-0.39, 0.29) is 22.6 Å². The van der Waals surface area contributed by atoms with Crippen LogP contribution in [0.4, 0.5) is 0 Å². The number of halogens is 2. The summed E-state index contributed by atoms with van der Waals surface area (Å²) in [4.78, 5) is 4.10. The van der Waals surface area contributed by atoms with Gasteiger partial charge in [0.05, 0.1) is 11.6 Å². The molecule has 2 heterocycles. The van der Waals surface area contributed by atoms with Crippen LogP contribution in [0.25, 0.3) is 0 Å². The van der Waals surface area contributed by atoms with Gasteiger partial charge >= 0.3 is 0 Å². The fourth-order valence-corrected chi connectivity index (χ4v) is 4.64. The van der Waals surface area contributed by atoms with Crippen LogP contribution in [0.15, 0.2) is 47.5 Å².